The van der Waals surface area contributed by atoms with E-state index in [4.69, 9.17) is 4.74 Å². The molecular formula is C22H39NOS2. The first-order chi connectivity index (χ1) is 12.0. The summed E-state index contributed by atoms with van der Waals surface area (Å²) >= 11 is 0. The zero-order chi connectivity index (χ0) is 19.8. The summed E-state index contributed by atoms with van der Waals surface area (Å²) in [5.74, 6) is 0.686. The van der Waals surface area contributed by atoms with Gasteiger partial charge in [0.2, 0.25) is 0 Å². The SMILES string of the molecule is CCCC(C)(OCCC(C)C)C(C)(C)CC(C)(C)SSc1ccccn1. The molecule has 2 nitrogen and oxygen atoms in total. The third-order valence-corrected chi connectivity index (χ3v) is 8.34. The lowest BCUT2D eigenvalue weighted by Gasteiger charge is -2.47. The van der Waals surface area contributed by atoms with Gasteiger partial charge in [-0.15, -0.1) is 0 Å². The van der Waals surface area contributed by atoms with Crippen molar-refractivity contribution in [1.29, 1.82) is 0 Å². The van der Waals surface area contributed by atoms with Gasteiger partial charge >= 0.3 is 0 Å². The number of hydrogen-bond donors (Lipinski definition) is 0. The largest absolute Gasteiger partial charge is 0.375 e. The van der Waals surface area contributed by atoms with Crippen LogP contribution in [0.15, 0.2) is 29.4 Å². The zero-order valence-electron chi connectivity index (χ0n) is 18.1. The molecule has 0 aliphatic heterocycles. The summed E-state index contributed by atoms with van der Waals surface area (Å²) in [6.45, 7) is 19.4. The summed E-state index contributed by atoms with van der Waals surface area (Å²) in [5.41, 5.74) is 0.00526. The molecule has 1 atom stereocenters. The van der Waals surface area contributed by atoms with Gasteiger partial charge in [0, 0.05) is 17.6 Å². The second kappa shape index (κ2) is 10.4. The summed E-state index contributed by atoms with van der Waals surface area (Å²) in [6, 6.07) is 6.09. The number of aromatic nitrogens is 1. The van der Waals surface area contributed by atoms with Crippen LogP contribution in [0.3, 0.4) is 0 Å². The van der Waals surface area contributed by atoms with Gasteiger partial charge in [-0.3, -0.25) is 0 Å². The minimum Gasteiger partial charge on any atom is -0.375 e. The third-order valence-electron chi connectivity index (χ3n) is 5.13. The lowest BCUT2D eigenvalue weighted by atomic mass is 9.68. The van der Waals surface area contributed by atoms with Crippen molar-refractivity contribution in [2.24, 2.45) is 11.3 Å². The van der Waals surface area contributed by atoms with E-state index in [1.165, 1.54) is 0 Å². The standard InChI is InChI=1S/C22H39NOS2/c1-9-14-22(8,24-16-13-18(2)3)20(4,5)17-21(6,7)26-25-19-12-10-11-15-23-19/h10-12,15,18H,9,13-14,16-17H2,1-8H3. The Bertz CT molecular complexity index is 516. The molecule has 0 radical (unpaired) electrons. The summed E-state index contributed by atoms with van der Waals surface area (Å²) in [4.78, 5) is 4.43. The average molecular weight is 398 g/mol. The van der Waals surface area contributed by atoms with E-state index in [2.05, 4.69) is 66.4 Å². The van der Waals surface area contributed by atoms with Crippen molar-refractivity contribution in [1.82, 2.24) is 4.98 Å². The van der Waals surface area contributed by atoms with E-state index in [1.807, 2.05) is 29.1 Å². The zero-order valence-corrected chi connectivity index (χ0v) is 19.7. The first-order valence-electron chi connectivity index (χ1n) is 9.92. The second-order valence-electron chi connectivity index (χ2n) is 9.17. The third kappa shape index (κ3) is 7.82. The molecule has 1 aromatic heterocycles. The molecule has 1 aromatic rings. The van der Waals surface area contributed by atoms with E-state index in [9.17, 15) is 0 Å². The molecule has 0 saturated heterocycles. The molecule has 0 aliphatic rings. The number of nitrogens with zero attached hydrogens (tertiary/aromatic N) is 1. The predicted octanol–water partition coefficient (Wildman–Crippen LogP) is 7.64. The molecule has 1 heterocycles. The lowest BCUT2D eigenvalue weighted by molar-refractivity contribution is -0.124. The lowest BCUT2D eigenvalue weighted by Crippen LogP contribution is -2.47. The Hall–Kier alpha value is -0.190. The fourth-order valence-corrected chi connectivity index (χ4v) is 5.81. The number of pyridine rings is 1. The van der Waals surface area contributed by atoms with Crippen molar-refractivity contribution in [3.63, 3.8) is 0 Å². The number of hydrogen-bond acceptors (Lipinski definition) is 4. The number of ether oxygens (including phenoxy) is 1. The van der Waals surface area contributed by atoms with E-state index < -0.39 is 0 Å². The van der Waals surface area contributed by atoms with Crippen LogP contribution in [-0.2, 0) is 4.74 Å². The molecule has 1 unspecified atom stereocenters. The molecule has 0 aliphatic carbocycles. The maximum Gasteiger partial charge on any atom is 0.106 e. The maximum absolute atomic E-state index is 6.53. The van der Waals surface area contributed by atoms with Gasteiger partial charge in [0.15, 0.2) is 0 Å². The summed E-state index contributed by atoms with van der Waals surface area (Å²) in [5, 5.41) is 1.08. The van der Waals surface area contributed by atoms with Gasteiger partial charge in [0.1, 0.15) is 5.03 Å². The first-order valence-corrected chi connectivity index (χ1v) is 12.1. The van der Waals surface area contributed by atoms with Gasteiger partial charge in [0.25, 0.3) is 0 Å². The molecule has 0 amide bonds. The van der Waals surface area contributed by atoms with Crippen molar-refractivity contribution >= 4 is 21.6 Å². The predicted molar refractivity (Wildman–Crippen MR) is 119 cm³/mol. The molecule has 0 saturated carbocycles. The Labute approximate surface area is 170 Å². The second-order valence-corrected chi connectivity index (χ2v) is 12.0. The van der Waals surface area contributed by atoms with Crippen molar-refractivity contribution in [3.05, 3.63) is 24.4 Å². The average Bonchev–Trinajstić information content (AvgIpc) is 2.53. The van der Waals surface area contributed by atoms with E-state index >= 15 is 0 Å². The summed E-state index contributed by atoms with van der Waals surface area (Å²) in [6.07, 6.45) is 6.34. The van der Waals surface area contributed by atoms with E-state index in [0.29, 0.717) is 5.92 Å². The highest BCUT2D eigenvalue weighted by molar-refractivity contribution is 8.77. The van der Waals surface area contributed by atoms with Crippen molar-refractivity contribution in [3.8, 4) is 0 Å². The van der Waals surface area contributed by atoms with Gasteiger partial charge in [0.05, 0.1) is 5.60 Å². The van der Waals surface area contributed by atoms with Crippen LogP contribution in [0.1, 0.15) is 81.1 Å². The van der Waals surface area contributed by atoms with Crippen LogP contribution in [0.4, 0.5) is 0 Å². The quantitative estimate of drug-likeness (QED) is 0.338. The Morgan fingerprint density at radius 2 is 1.81 bits per heavy atom. The van der Waals surface area contributed by atoms with Crippen LogP contribution in [0, 0.1) is 11.3 Å². The minimum absolute atomic E-state index is 0.0931. The van der Waals surface area contributed by atoms with Gasteiger partial charge in [-0.25, -0.2) is 4.98 Å². The topological polar surface area (TPSA) is 22.1 Å². The highest BCUT2D eigenvalue weighted by atomic mass is 33.1. The van der Waals surface area contributed by atoms with Crippen molar-refractivity contribution in [2.75, 3.05) is 6.61 Å². The molecule has 1 rings (SSSR count). The summed E-state index contributed by atoms with van der Waals surface area (Å²) < 4.78 is 6.67. The molecule has 0 spiro atoms. The monoisotopic (exact) mass is 397 g/mol. The highest BCUT2D eigenvalue weighted by Gasteiger charge is 2.44. The fraction of sp³-hybridized carbons (Fsp3) is 0.773. The molecule has 26 heavy (non-hydrogen) atoms. The highest BCUT2D eigenvalue weighted by Crippen LogP contribution is 2.50. The number of rotatable bonds is 12. The van der Waals surface area contributed by atoms with Crippen molar-refractivity contribution in [2.45, 2.75) is 96.4 Å². The minimum atomic E-state index is -0.0931. The Morgan fingerprint density at radius 1 is 1.12 bits per heavy atom. The molecule has 0 N–H and O–H groups in total. The Morgan fingerprint density at radius 3 is 2.35 bits per heavy atom. The smallest absolute Gasteiger partial charge is 0.106 e. The van der Waals surface area contributed by atoms with E-state index in [-0.39, 0.29) is 15.8 Å². The van der Waals surface area contributed by atoms with Crippen LogP contribution in [0.5, 0.6) is 0 Å². The maximum atomic E-state index is 6.53. The van der Waals surface area contributed by atoms with Gasteiger partial charge in [-0.1, -0.05) is 57.9 Å². The summed E-state index contributed by atoms with van der Waals surface area (Å²) in [7, 11) is 3.70. The van der Waals surface area contributed by atoms with E-state index in [0.717, 1.165) is 37.3 Å². The first kappa shape index (κ1) is 23.8. The Kier molecular flexibility index (Phi) is 9.52. The molecule has 4 heteroatoms. The van der Waals surface area contributed by atoms with Crippen LogP contribution in [0.25, 0.3) is 0 Å². The van der Waals surface area contributed by atoms with Gasteiger partial charge in [-0.05, 0) is 74.3 Å². The fourth-order valence-electron chi connectivity index (χ4n) is 3.44. The van der Waals surface area contributed by atoms with Crippen LogP contribution in [0.2, 0.25) is 0 Å². The van der Waals surface area contributed by atoms with E-state index in [1.54, 1.807) is 10.8 Å². The van der Waals surface area contributed by atoms with Gasteiger partial charge < -0.3 is 4.74 Å². The van der Waals surface area contributed by atoms with Crippen molar-refractivity contribution < 1.29 is 4.74 Å². The molecule has 0 fully saturated rings. The molecular weight excluding hydrogens is 358 g/mol. The van der Waals surface area contributed by atoms with Crippen LogP contribution in [-0.4, -0.2) is 21.9 Å². The molecule has 0 bridgehead atoms. The molecule has 0 aromatic carbocycles. The Balaban J connectivity index is 2.76. The van der Waals surface area contributed by atoms with Gasteiger partial charge in [-0.2, -0.15) is 0 Å². The van der Waals surface area contributed by atoms with Crippen LogP contribution >= 0.6 is 21.6 Å². The normalized spacial score (nSPS) is 15.3. The van der Waals surface area contributed by atoms with Crippen LogP contribution < -0.4 is 0 Å². The molecule has 150 valence electrons.